The van der Waals surface area contributed by atoms with Crippen molar-refractivity contribution in [3.8, 4) is 0 Å². The third-order valence-electron chi connectivity index (χ3n) is 5.64. The van der Waals surface area contributed by atoms with Gasteiger partial charge in [0.1, 0.15) is 0 Å². The Balaban J connectivity index is 1.62. The Morgan fingerprint density at radius 1 is 1.05 bits per heavy atom. The SMILES string of the molecule is O=C1CC(C2CCCCC2)N(C2CCC(C(=O)O)CC2)N1. The van der Waals surface area contributed by atoms with E-state index in [0.717, 1.165) is 25.7 Å². The van der Waals surface area contributed by atoms with Crippen LogP contribution >= 0.6 is 0 Å². The van der Waals surface area contributed by atoms with Crippen molar-refractivity contribution in [2.24, 2.45) is 11.8 Å². The van der Waals surface area contributed by atoms with Gasteiger partial charge in [-0.3, -0.25) is 15.0 Å². The molecule has 0 aromatic heterocycles. The van der Waals surface area contributed by atoms with Crippen molar-refractivity contribution in [3.05, 3.63) is 0 Å². The van der Waals surface area contributed by atoms with E-state index < -0.39 is 5.97 Å². The lowest BCUT2D eigenvalue weighted by Crippen LogP contribution is -2.50. The number of amides is 1. The molecule has 0 spiro atoms. The number of nitrogens with one attached hydrogen (secondary N) is 1. The predicted octanol–water partition coefficient (Wildman–Crippen LogP) is 2.32. The van der Waals surface area contributed by atoms with Gasteiger partial charge in [-0.15, -0.1) is 0 Å². The average molecular weight is 294 g/mol. The molecule has 1 atom stereocenters. The van der Waals surface area contributed by atoms with Crippen molar-refractivity contribution in [2.45, 2.75) is 76.3 Å². The van der Waals surface area contributed by atoms with Gasteiger partial charge in [-0.2, -0.15) is 0 Å². The standard InChI is InChI=1S/C16H26N2O3/c19-15-10-14(11-4-2-1-3-5-11)18(17-15)13-8-6-12(7-9-13)16(20)21/h11-14H,1-10H2,(H,17,19)(H,20,21). The van der Waals surface area contributed by atoms with E-state index in [1.54, 1.807) is 0 Å². The van der Waals surface area contributed by atoms with Gasteiger partial charge in [0, 0.05) is 18.5 Å². The van der Waals surface area contributed by atoms with Gasteiger partial charge < -0.3 is 5.11 Å². The van der Waals surface area contributed by atoms with Crippen LogP contribution in [0, 0.1) is 11.8 Å². The summed E-state index contributed by atoms with van der Waals surface area (Å²) in [7, 11) is 0. The average Bonchev–Trinajstić information content (AvgIpc) is 2.90. The maximum atomic E-state index is 11.9. The van der Waals surface area contributed by atoms with Crippen LogP contribution < -0.4 is 5.43 Å². The fourth-order valence-electron chi connectivity index (χ4n) is 4.44. The fraction of sp³-hybridized carbons (Fsp3) is 0.875. The van der Waals surface area contributed by atoms with Gasteiger partial charge in [-0.25, -0.2) is 5.01 Å². The molecule has 1 aliphatic heterocycles. The van der Waals surface area contributed by atoms with Crippen LogP contribution in [0.2, 0.25) is 0 Å². The van der Waals surface area contributed by atoms with E-state index in [9.17, 15) is 9.59 Å². The number of carboxylic acid groups (broad SMARTS) is 1. The Labute approximate surface area is 126 Å². The molecule has 1 saturated heterocycles. The molecule has 1 heterocycles. The first-order chi connectivity index (χ1) is 10.1. The maximum Gasteiger partial charge on any atom is 0.306 e. The fourth-order valence-corrected chi connectivity index (χ4v) is 4.44. The third kappa shape index (κ3) is 3.23. The quantitative estimate of drug-likeness (QED) is 0.838. The van der Waals surface area contributed by atoms with Crippen LogP contribution in [0.3, 0.4) is 0 Å². The van der Waals surface area contributed by atoms with Crippen LogP contribution in [0.25, 0.3) is 0 Å². The zero-order valence-electron chi connectivity index (χ0n) is 12.6. The van der Waals surface area contributed by atoms with Gasteiger partial charge in [0.25, 0.3) is 0 Å². The van der Waals surface area contributed by atoms with Crippen molar-refractivity contribution in [3.63, 3.8) is 0 Å². The first kappa shape index (κ1) is 14.8. The lowest BCUT2D eigenvalue weighted by molar-refractivity contribution is -0.143. The minimum Gasteiger partial charge on any atom is -0.481 e. The van der Waals surface area contributed by atoms with Crippen molar-refractivity contribution in [1.29, 1.82) is 0 Å². The molecule has 2 saturated carbocycles. The minimum absolute atomic E-state index is 0.144. The monoisotopic (exact) mass is 294 g/mol. The van der Waals surface area contributed by atoms with Crippen molar-refractivity contribution < 1.29 is 14.7 Å². The molecule has 2 aliphatic carbocycles. The second-order valence-electron chi connectivity index (χ2n) is 6.96. The summed E-state index contributed by atoms with van der Waals surface area (Å²) < 4.78 is 0. The number of hydrogen-bond donors (Lipinski definition) is 2. The number of aliphatic carboxylic acids is 1. The van der Waals surface area contributed by atoms with E-state index in [4.69, 9.17) is 5.11 Å². The molecular formula is C16H26N2O3. The smallest absolute Gasteiger partial charge is 0.306 e. The molecule has 21 heavy (non-hydrogen) atoms. The second-order valence-corrected chi connectivity index (χ2v) is 6.96. The highest BCUT2D eigenvalue weighted by molar-refractivity contribution is 5.78. The molecular weight excluding hydrogens is 268 g/mol. The maximum absolute atomic E-state index is 11.9. The van der Waals surface area contributed by atoms with E-state index in [0.29, 0.717) is 24.4 Å². The number of nitrogens with zero attached hydrogens (tertiary/aromatic N) is 1. The molecule has 3 fully saturated rings. The number of hydrogen-bond acceptors (Lipinski definition) is 3. The van der Waals surface area contributed by atoms with E-state index >= 15 is 0 Å². The Hall–Kier alpha value is -1.10. The summed E-state index contributed by atoms with van der Waals surface area (Å²) in [6.45, 7) is 0. The number of rotatable bonds is 3. The summed E-state index contributed by atoms with van der Waals surface area (Å²) in [4.78, 5) is 22.9. The van der Waals surface area contributed by atoms with Crippen molar-refractivity contribution in [1.82, 2.24) is 10.4 Å². The van der Waals surface area contributed by atoms with E-state index in [2.05, 4.69) is 10.4 Å². The zero-order valence-corrected chi connectivity index (χ0v) is 12.6. The summed E-state index contributed by atoms with van der Waals surface area (Å²) in [5.41, 5.74) is 3.06. The second kappa shape index (κ2) is 6.34. The Morgan fingerprint density at radius 3 is 2.33 bits per heavy atom. The molecule has 3 rings (SSSR count). The molecule has 2 N–H and O–H groups in total. The highest BCUT2D eigenvalue weighted by Gasteiger charge is 2.41. The van der Waals surface area contributed by atoms with Gasteiger partial charge in [-0.05, 0) is 44.4 Å². The van der Waals surface area contributed by atoms with E-state index in [1.165, 1.54) is 32.1 Å². The number of carboxylic acids is 1. The minimum atomic E-state index is -0.664. The third-order valence-corrected chi connectivity index (χ3v) is 5.64. The van der Waals surface area contributed by atoms with Crippen LogP contribution in [-0.2, 0) is 9.59 Å². The Morgan fingerprint density at radius 2 is 1.71 bits per heavy atom. The summed E-state index contributed by atoms with van der Waals surface area (Å²) in [5, 5.41) is 11.3. The highest BCUT2D eigenvalue weighted by Crippen LogP contribution is 2.36. The molecule has 0 aromatic rings. The van der Waals surface area contributed by atoms with Crippen molar-refractivity contribution >= 4 is 11.9 Å². The summed E-state index contributed by atoms with van der Waals surface area (Å²) in [5.74, 6) is -0.0729. The number of carbonyl (C=O) groups excluding carboxylic acids is 1. The van der Waals surface area contributed by atoms with Gasteiger partial charge in [0.15, 0.2) is 0 Å². The summed E-state index contributed by atoms with van der Waals surface area (Å²) in [6.07, 6.45) is 10.3. The van der Waals surface area contributed by atoms with Gasteiger partial charge >= 0.3 is 5.97 Å². The molecule has 0 bridgehead atoms. The summed E-state index contributed by atoms with van der Waals surface area (Å²) >= 11 is 0. The number of hydrazine groups is 1. The predicted molar refractivity (Wildman–Crippen MR) is 78.3 cm³/mol. The zero-order chi connectivity index (χ0) is 14.8. The van der Waals surface area contributed by atoms with Crippen LogP contribution in [0.4, 0.5) is 0 Å². The molecule has 0 radical (unpaired) electrons. The first-order valence-electron chi connectivity index (χ1n) is 8.46. The molecule has 5 nitrogen and oxygen atoms in total. The van der Waals surface area contributed by atoms with Crippen molar-refractivity contribution in [2.75, 3.05) is 0 Å². The van der Waals surface area contributed by atoms with E-state index in [-0.39, 0.29) is 11.8 Å². The molecule has 1 amide bonds. The number of carbonyl (C=O) groups is 2. The lowest BCUT2D eigenvalue weighted by Gasteiger charge is -2.39. The van der Waals surface area contributed by atoms with Crippen LogP contribution in [0.5, 0.6) is 0 Å². The normalized spacial score (nSPS) is 35.6. The molecule has 5 heteroatoms. The molecule has 118 valence electrons. The topological polar surface area (TPSA) is 69.6 Å². The Kier molecular flexibility index (Phi) is 4.48. The van der Waals surface area contributed by atoms with E-state index in [1.807, 2.05) is 0 Å². The van der Waals surface area contributed by atoms with Gasteiger partial charge in [-0.1, -0.05) is 19.3 Å². The van der Waals surface area contributed by atoms with Crippen LogP contribution in [0.15, 0.2) is 0 Å². The van der Waals surface area contributed by atoms with Gasteiger partial charge in [0.2, 0.25) is 5.91 Å². The summed E-state index contributed by atoms with van der Waals surface area (Å²) in [6, 6.07) is 0.670. The molecule has 0 aromatic carbocycles. The highest BCUT2D eigenvalue weighted by atomic mass is 16.4. The van der Waals surface area contributed by atoms with Gasteiger partial charge in [0.05, 0.1) is 5.92 Å². The van der Waals surface area contributed by atoms with Crippen LogP contribution in [0.1, 0.15) is 64.2 Å². The lowest BCUT2D eigenvalue weighted by atomic mass is 9.81. The Bertz CT molecular complexity index is 398. The largest absolute Gasteiger partial charge is 0.481 e. The molecule has 1 unspecified atom stereocenters. The van der Waals surface area contributed by atoms with Crippen LogP contribution in [-0.4, -0.2) is 34.1 Å². The first-order valence-corrected chi connectivity index (χ1v) is 8.46. The molecule has 3 aliphatic rings.